The van der Waals surface area contributed by atoms with E-state index in [1.807, 2.05) is 32.0 Å². The number of nitrogens with two attached hydrogens (primary N) is 1. The first kappa shape index (κ1) is 11.7. The summed E-state index contributed by atoms with van der Waals surface area (Å²) in [5.74, 6) is 0.628. The van der Waals surface area contributed by atoms with Crippen LogP contribution < -0.4 is 5.73 Å². The molecule has 1 aromatic heterocycles. The summed E-state index contributed by atoms with van der Waals surface area (Å²) in [7, 11) is 0. The molecular weight excluding hydrogens is 334 g/mol. The molecule has 16 heavy (non-hydrogen) atoms. The zero-order chi connectivity index (χ0) is 11.9. The Hall–Kier alpha value is -0.810. The molecule has 2 aromatic rings. The standard InChI is InChI=1S/C11H11Br2N3/c1-6-5-8(12)3-4-9(6)16-11(14)10(13)7(2)15-16/h3-5H,14H2,1-2H3. The van der Waals surface area contributed by atoms with Crippen LogP contribution in [0.3, 0.4) is 0 Å². The van der Waals surface area contributed by atoms with Crippen LogP contribution >= 0.6 is 31.9 Å². The van der Waals surface area contributed by atoms with E-state index >= 15 is 0 Å². The van der Waals surface area contributed by atoms with Gasteiger partial charge in [-0.3, -0.25) is 0 Å². The Bertz CT molecular complexity index is 546. The molecule has 2 rings (SSSR count). The van der Waals surface area contributed by atoms with Crippen molar-refractivity contribution in [3.63, 3.8) is 0 Å². The van der Waals surface area contributed by atoms with Crippen molar-refractivity contribution in [3.8, 4) is 5.69 Å². The minimum atomic E-state index is 0.628. The molecule has 0 saturated carbocycles. The van der Waals surface area contributed by atoms with Crippen LogP contribution in [-0.2, 0) is 0 Å². The van der Waals surface area contributed by atoms with Crippen molar-refractivity contribution in [2.75, 3.05) is 5.73 Å². The van der Waals surface area contributed by atoms with Crippen molar-refractivity contribution >= 4 is 37.7 Å². The number of aromatic nitrogens is 2. The Morgan fingerprint density at radius 2 is 1.94 bits per heavy atom. The highest BCUT2D eigenvalue weighted by molar-refractivity contribution is 9.11. The second kappa shape index (κ2) is 4.22. The fourth-order valence-electron chi connectivity index (χ4n) is 1.57. The highest BCUT2D eigenvalue weighted by atomic mass is 79.9. The summed E-state index contributed by atoms with van der Waals surface area (Å²) in [6.45, 7) is 3.95. The average molecular weight is 345 g/mol. The fraction of sp³-hybridized carbons (Fsp3) is 0.182. The Morgan fingerprint density at radius 1 is 1.25 bits per heavy atom. The Kier molecular flexibility index (Phi) is 3.08. The van der Waals surface area contributed by atoms with E-state index in [1.165, 1.54) is 0 Å². The fourth-order valence-corrected chi connectivity index (χ4v) is 2.29. The molecule has 0 atom stereocenters. The van der Waals surface area contributed by atoms with E-state index in [9.17, 15) is 0 Å². The second-order valence-electron chi connectivity index (χ2n) is 3.63. The molecule has 0 aliphatic heterocycles. The third kappa shape index (κ3) is 1.89. The monoisotopic (exact) mass is 343 g/mol. The normalized spacial score (nSPS) is 10.8. The van der Waals surface area contributed by atoms with Gasteiger partial charge in [-0.2, -0.15) is 5.10 Å². The van der Waals surface area contributed by atoms with E-state index in [0.29, 0.717) is 5.82 Å². The van der Waals surface area contributed by atoms with E-state index in [2.05, 4.69) is 37.0 Å². The van der Waals surface area contributed by atoms with E-state index < -0.39 is 0 Å². The van der Waals surface area contributed by atoms with Gasteiger partial charge in [-0.25, -0.2) is 4.68 Å². The van der Waals surface area contributed by atoms with Crippen molar-refractivity contribution in [2.24, 2.45) is 0 Å². The molecule has 0 unspecified atom stereocenters. The van der Waals surface area contributed by atoms with Gasteiger partial charge in [0.15, 0.2) is 0 Å². The van der Waals surface area contributed by atoms with Crippen LogP contribution in [0.25, 0.3) is 5.69 Å². The largest absolute Gasteiger partial charge is 0.383 e. The van der Waals surface area contributed by atoms with Gasteiger partial charge in [-0.1, -0.05) is 15.9 Å². The third-order valence-corrected chi connectivity index (χ3v) is 3.88. The lowest BCUT2D eigenvalue weighted by molar-refractivity contribution is 0.865. The molecule has 0 amide bonds. The lowest BCUT2D eigenvalue weighted by atomic mass is 10.2. The number of rotatable bonds is 1. The first-order valence-electron chi connectivity index (χ1n) is 4.78. The van der Waals surface area contributed by atoms with Gasteiger partial charge in [0.2, 0.25) is 0 Å². The lowest BCUT2D eigenvalue weighted by Gasteiger charge is -2.08. The first-order chi connectivity index (χ1) is 7.50. The van der Waals surface area contributed by atoms with Crippen molar-refractivity contribution in [1.82, 2.24) is 9.78 Å². The summed E-state index contributed by atoms with van der Waals surface area (Å²) >= 11 is 6.86. The van der Waals surface area contributed by atoms with Gasteiger partial charge in [-0.05, 0) is 53.5 Å². The van der Waals surface area contributed by atoms with E-state index in [4.69, 9.17) is 5.73 Å². The highest BCUT2D eigenvalue weighted by Gasteiger charge is 2.12. The molecule has 2 N–H and O–H groups in total. The predicted octanol–water partition coefficient (Wildman–Crippen LogP) is 3.60. The van der Waals surface area contributed by atoms with Crippen LogP contribution in [0.5, 0.6) is 0 Å². The minimum Gasteiger partial charge on any atom is -0.383 e. The van der Waals surface area contributed by atoms with Gasteiger partial charge in [0.1, 0.15) is 5.82 Å². The first-order valence-corrected chi connectivity index (χ1v) is 6.36. The average Bonchev–Trinajstić information content (AvgIpc) is 2.46. The third-order valence-electron chi connectivity index (χ3n) is 2.41. The number of hydrogen-bond acceptors (Lipinski definition) is 2. The number of nitrogen functional groups attached to an aromatic ring is 1. The Morgan fingerprint density at radius 3 is 2.44 bits per heavy atom. The van der Waals surface area contributed by atoms with Crippen LogP contribution in [0, 0.1) is 13.8 Å². The van der Waals surface area contributed by atoms with Crippen LogP contribution in [0.1, 0.15) is 11.3 Å². The molecule has 0 aliphatic rings. The molecule has 0 spiro atoms. The molecule has 1 aromatic carbocycles. The molecule has 0 fully saturated rings. The van der Waals surface area contributed by atoms with Gasteiger partial charge in [0.05, 0.1) is 15.9 Å². The maximum absolute atomic E-state index is 5.98. The molecule has 0 saturated heterocycles. The summed E-state index contributed by atoms with van der Waals surface area (Å²) in [5, 5.41) is 4.40. The van der Waals surface area contributed by atoms with Crippen molar-refractivity contribution in [3.05, 3.63) is 38.4 Å². The molecule has 84 valence electrons. The molecule has 0 aliphatic carbocycles. The second-order valence-corrected chi connectivity index (χ2v) is 5.34. The van der Waals surface area contributed by atoms with Crippen LogP contribution in [0.15, 0.2) is 27.1 Å². The van der Waals surface area contributed by atoms with Gasteiger partial charge >= 0.3 is 0 Å². The number of hydrogen-bond donors (Lipinski definition) is 1. The Balaban J connectivity index is 2.63. The number of nitrogens with zero attached hydrogens (tertiary/aromatic N) is 2. The summed E-state index contributed by atoms with van der Waals surface area (Å²) in [4.78, 5) is 0. The summed E-state index contributed by atoms with van der Waals surface area (Å²) < 4.78 is 3.66. The number of anilines is 1. The van der Waals surface area contributed by atoms with Crippen LogP contribution in [0.4, 0.5) is 5.82 Å². The minimum absolute atomic E-state index is 0.628. The lowest BCUT2D eigenvalue weighted by Crippen LogP contribution is -2.03. The zero-order valence-electron chi connectivity index (χ0n) is 8.96. The van der Waals surface area contributed by atoms with E-state index in [1.54, 1.807) is 4.68 Å². The smallest absolute Gasteiger partial charge is 0.141 e. The van der Waals surface area contributed by atoms with Gasteiger partial charge in [-0.15, -0.1) is 0 Å². The van der Waals surface area contributed by atoms with E-state index in [-0.39, 0.29) is 0 Å². The maximum Gasteiger partial charge on any atom is 0.141 e. The van der Waals surface area contributed by atoms with Gasteiger partial charge in [0.25, 0.3) is 0 Å². The summed E-state index contributed by atoms with van der Waals surface area (Å²) in [5.41, 5.74) is 8.99. The topological polar surface area (TPSA) is 43.8 Å². The molecule has 0 radical (unpaired) electrons. The zero-order valence-corrected chi connectivity index (χ0v) is 12.1. The molecule has 1 heterocycles. The van der Waals surface area contributed by atoms with Crippen LogP contribution in [-0.4, -0.2) is 9.78 Å². The van der Waals surface area contributed by atoms with Crippen molar-refractivity contribution in [1.29, 1.82) is 0 Å². The molecule has 5 heteroatoms. The molecule has 0 bridgehead atoms. The molecule has 3 nitrogen and oxygen atoms in total. The van der Waals surface area contributed by atoms with Crippen molar-refractivity contribution < 1.29 is 0 Å². The Labute approximate surface area is 111 Å². The predicted molar refractivity (Wildman–Crippen MR) is 72.9 cm³/mol. The summed E-state index contributed by atoms with van der Waals surface area (Å²) in [6, 6.07) is 6.01. The van der Waals surface area contributed by atoms with E-state index in [0.717, 1.165) is 25.9 Å². The van der Waals surface area contributed by atoms with Crippen LogP contribution in [0.2, 0.25) is 0 Å². The number of halogens is 2. The van der Waals surface area contributed by atoms with Gasteiger partial charge in [0, 0.05) is 4.47 Å². The molecular formula is C11H11Br2N3. The summed E-state index contributed by atoms with van der Waals surface area (Å²) in [6.07, 6.45) is 0. The number of aryl methyl sites for hydroxylation is 2. The van der Waals surface area contributed by atoms with Crippen molar-refractivity contribution in [2.45, 2.75) is 13.8 Å². The SMILES string of the molecule is Cc1cc(Br)ccc1-n1nc(C)c(Br)c1N. The number of benzene rings is 1. The quantitative estimate of drug-likeness (QED) is 0.859. The highest BCUT2D eigenvalue weighted by Crippen LogP contribution is 2.28. The van der Waals surface area contributed by atoms with Gasteiger partial charge < -0.3 is 5.73 Å². The maximum atomic E-state index is 5.98.